The first kappa shape index (κ1) is 14.1. The van der Waals surface area contributed by atoms with Gasteiger partial charge in [-0.1, -0.05) is 18.9 Å². The number of ether oxygens (including phenoxy) is 1. The van der Waals surface area contributed by atoms with Gasteiger partial charge in [-0.05, 0) is 38.3 Å². The van der Waals surface area contributed by atoms with Gasteiger partial charge in [0, 0.05) is 13.2 Å². The summed E-state index contributed by atoms with van der Waals surface area (Å²) in [6, 6.07) is 0. The summed E-state index contributed by atoms with van der Waals surface area (Å²) in [5.41, 5.74) is 0. The van der Waals surface area contributed by atoms with E-state index in [1.165, 1.54) is 44.7 Å². The number of hydrogen-bond donors (Lipinski definition) is 0. The second-order valence-corrected chi connectivity index (χ2v) is 4.18. The standard InChI is InChI=1S/C12H25OP/c1-2-3-4-7-10-13-11-8-5-6-9-12-14/h2H,1,3-12,14H2. The predicted octanol–water partition coefficient (Wildman–Crippen LogP) is 3.79. The van der Waals surface area contributed by atoms with Crippen molar-refractivity contribution >= 4 is 9.24 Å². The third-order valence-electron chi connectivity index (χ3n) is 2.19. The zero-order valence-electron chi connectivity index (χ0n) is 9.34. The minimum absolute atomic E-state index is 0.928. The molecule has 1 unspecified atom stereocenters. The monoisotopic (exact) mass is 216 g/mol. The Kier molecular flexibility index (Phi) is 13.3. The van der Waals surface area contributed by atoms with Crippen LogP contribution in [-0.2, 0) is 4.74 Å². The van der Waals surface area contributed by atoms with Crippen LogP contribution in [0.3, 0.4) is 0 Å². The van der Waals surface area contributed by atoms with Crippen LogP contribution >= 0.6 is 9.24 Å². The van der Waals surface area contributed by atoms with Gasteiger partial charge in [0.05, 0.1) is 0 Å². The molecule has 0 rings (SSSR count). The van der Waals surface area contributed by atoms with E-state index < -0.39 is 0 Å². The van der Waals surface area contributed by atoms with Crippen LogP contribution in [0.1, 0.15) is 44.9 Å². The molecule has 0 N–H and O–H groups in total. The van der Waals surface area contributed by atoms with E-state index in [1.54, 1.807) is 0 Å². The van der Waals surface area contributed by atoms with Crippen LogP contribution in [-0.4, -0.2) is 19.4 Å². The van der Waals surface area contributed by atoms with Crippen LogP contribution < -0.4 is 0 Å². The fourth-order valence-corrected chi connectivity index (χ4v) is 1.59. The zero-order chi connectivity index (χ0) is 10.5. The molecule has 0 bridgehead atoms. The minimum atomic E-state index is 0.928. The van der Waals surface area contributed by atoms with Gasteiger partial charge in [-0.25, -0.2) is 0 Å². The number of hydrogen-bond acceptors (Lipinski definition) is 1. The van der Waals surface area contributed by atoms with Gasteiger partial charge in [0.15, 0.2) is 0 Å². The molecule has 0 aliphatic carbocycles. The summed E-state index contributed by atoms with van der Waals surface area (Å²) in [4.78, 5) is 0. The molecule has 0 saturated carbocycles. The van der Waals surface area contributed by atoms with Crippen molar-refractivity contribution in [2.24, 2.45) is 0 Å². The molecule has 2 heteroatoms. The lowest BCUT2D eigenvalue weighted by Gasteiger charge is -2.03. The summed E-state index contributed by atoms with van der Waals surface area (Å²) >= 11 is 0. The van der Waals surface area contributed by atoms with E-state index in [0.29, 0.717) is 0 Å². The Morgan fingerprint density at radius 1 is 0.929 bits per heavy atom. The Hall–Kier alpha value is 0.130. The van der Waals surface area contributed by atoms with Crippen LogP contribution in [0, 0.1) is 0 Å². The topological polar surface area (TPSA) is 9.23 Å². The Balaban J connectivity index is 2.81. The van der Waals surface area contributed by atoms with Gasteiger partial charge in [-0.15, -0.1) is 15.8 Å². The fourth-order valence-electron chi connectivity index (χ4n) is 1.30. The highest BCUT2D eigenvalue weighted by atomic mass is 31.0. The second-order valence-electron chi connectivity index (χ2n) is 3.60. The van der Waals surface area contributed by atoms with Gasteiger partial charge in [0.25, 0.3) is 0 Å². The highest BCUT2D eigenvalue weighted by Crippen LogP contribution is 2.03. The number of unbranched alkanes of at least 4 members (excludes halogenated alkanes) is 5. The number of rotatable bonds is 11. The lowest BCUT2D eigenvalue weighted by molar-refractivity contribution is 0.126. The highest BCUT2D eigenvalue weighted by molar-refractivity contribution is 7.16. The van der Waals surface area contributed by atoms with Crippen molar-refractivity contribution in [1.29, 1.82) is 0 Å². The van der Waals surface area contributed by atoms with Crippen molar-refractivity contribution < 1.29 is 4.74 Å². The maximum Gasteiger partial charge on any atom is 0.0466 e. The van der Waals surface area contributed by atoms with Crippen LogP contribution in [0.25, 0.3) is 0 Å². The second kappa shape index (κ2) is 13.1. The van der Waals surface area contributed by atoms with Crippen molar-refractivity contribution in [3.63, 3.8) is 0 Å². The van der Waals surface area contributed by atoms with Crippen LogP contribution in [0.15, 0.2) is 12.7 Å². The Labute approximate surface area is 91.5 Å². The first-order valence-corrected chi connectivity index (χ1v) is 6.62. The molecule has 0 heterocycles. The van der Waals surface area contributed by atoms with Crippen molar-refractivity contribution in [3.05, 3.63) is 12.7 Å². The molecular weight excluding hydrogens is 191 g/mol. The molecule has 1 atom stereocenters. The van der Waals surface area contributed by atoms with Gasteiger partial charge in [0.1, 0.15) is 0 Å². The molecule has 0 saturated heterocycles. The smallest absolute Gasteiger partial charge is 0.0466 e. The fraction of sp³-hybridized carbons (Fsp3) is 0.833. The van der Waals surface area contributed by atoms with Crippen molar-refractivity contribution in [2.45, 2.75) is 44.9 Å². The van der Waals surface area contributed by atoms with Gasteiger partial charge < -0.3 is 4.74 Å². The summed E-state index contributed by atoms with van der Waals surface area (Å²) in [5, 5.41) is 0. The van der Waals surface area contributed by atoms with Gasteiger partial charge in [-0.3, -0.25) is 0 Å². The van der Waals surface area contributed by atoms with E-state index in [0.717, 1.165) is 19.6 Å². The molecular formula is C12H25OP. The van der Waals surface area contributed by atoms with E-state index in [9.17, 15) is 0 Å². The summed E-state index contributed by atoms with van der Waals surface area (Å²) in [6.45, 7) is 5.57. The molecule has 14 heavy (non-hydrogen) atoms. The Morgan fingerprint density at radius 3 is 2.21 bits per heavy atom. The summed E-state index contributed by atoms with van der Waals surface area (Å²) in [6.07, 6.45) is 12.0. The summed E-state index contributed by atoms with van der Waals surface area (Å²) in [7, 11) is 2.77. The summed E-state index contributed by atoms with van der Waals surface area (Å²) in [5.74, 6) is 0. The van der Waals surface area contributed by atoms with E-state index in [4.69, 9.17) is 4.74 Å². The van der Waals surface area contributed by atoms with Crippen molar-refractivity contribution in [3.8, 4) is 0 Å². The average Bonchev–Trinajstić information content (AvgIpc) is 2.21. The first-order valence-electron chi connectivity index (χ1n) is 5.80. The van der Waals surface area contributed by atoms with Gasteiger partial charge in [0.2, 0.25) is 0 Å². The minimum Gasteiger partial charge on any atom is -0.381 e. The molecule has 0 aromatic carbocycles. The third-order valence-corrected chi connectivity index (χ3v) is 2.60. The Bertz CT molecular complexity index is 115. The molecule has 0 spiro atoms. The first-order chi connectivity index (χ1) is 6.91. The van der Waals surface area contributed by atoms with E-state index in [-0.39, 0.29) is 0 Å². The van der Waals surface area contributed by atoms with E-state index in [1.807, 2.05) is 6.08 Å². The maximum atomic E-state index is 5.52. The zero-order valence-corrected chi connectivity index (χ0v) is 10.5. The van der Waals surface area contributed by atoms with Crippen LogP contribution in [0.5, 0.6) is 0 Å². The normalized spacial score (nSPS) is 10.4. The maximum absolute atomic E-state index is 5.52. The van der Waals surface area contributed by atoms with Crippen molar-refractivity contribution in [1.82, 2.24) is 0 Å². The quantitative estimate of drug-likeness (QED) is 0.290. The largest absolute Gasteiger partial charge is 0.381 e. The lowest BCUT2D eigenvalue weighted by Crippen LogP contribution is -1.96. The van der Waals surface area contributed by atoms with Crippen molar-refractivity contribution in [2.75, 3.05) is 19.4 Å². The number of allylic oxidation sites excluding steroid dienone is 1. The average molecular weight is 216 g/mol. The molecule has 1 nitrogen and oxygen atoms in total. The molecule has 0 aromatic heterocycles. The molecule has 0 radical (unpaired) electrons. The lowest BCUT2D eigenvalue weighted by atomic mass is 10.2. The summed E-state index contributed by atoms with van der Waals surface area (Å²) < 4.78 is 5.52. The molecule has 0 fully saturated rings. The molecule has 0 aliphatic rings. The van der Waals surface area contributed by atoms with Crippen LogP contribution in [0.2, 0.25) is 0 Å². The Morgan fingerprint density at radius 2 is 1.57 bits per heavy atom. The van der Waals surface area contributed by atoms with Gasteiger partial charge in [-0.2, -0.15) is 0 Å². The molecule has 84 valence electrons. The molecule has 0 aliphatic heterocycles. The predicted molar refractivity (Wildman–Crippen MR) is 67.9 cm³/mol. The van der Waals surface area contributed by atoms with E-state index >= 15 is 0 Å². The third kappa shape index (κ3) is 12.1. The van der Waals surface area contributed by atoms with Crippen LogP contribution in [0.4, 0.5) is 0 Å². The highest BCUT2D eigenvalue weighted by Gasteiger charge is 1.90. The molecule has 0 amide bonds. The SMILES string of the molecule is C=CCCCCOCCCCCCP. The van der Waals surface area contributed by atoms with Gasteiger partial charge >= 0.3 is 0 Å². The van der Waals surface area contributed by atoms with E-state index in [2.05, 4.69) is 15.8 Å². The molecule has 0 aromatic rings.